The van der Waals surface area contributed by atoms with Gasteiger partial charge in [-0.3, -0.25) is 4.99 Å². The molecule has 0 saturated heterocycles. The van der Waals surface area contributed by atoms with Crippen molar-refractivity contribution >= 4 is 5.96 Å². The van der Waals surface area contributed by atoms with Crippen LogP contribution in [0.5, 0.6) is 0 Å². The number of guanidine groups is 1. The van der Waals surface area contributed by atoms with Crippen molar-refractivity contribution in [3.8, 4) is 0 Å². The summed E-state index contributed by atoms with van der Waals surface area (Å²) < 4.78 is 0. The van der Waals surface area contributed by atoms with Gasteiger partial charge in [-0.25, -0.2) is 0 Å². The van der Waals surface area contributed by atoms with Crippen molar-refractivity contribution < 1.29 is 5.11 Å². The molecule has 1 aliphatic rings. The molecule has 1 rings (SSSR count). The third-order valence-corrected chi connectivity index (χ3v) is 2.87. The van der Waals surface area contributed by atoms with E-state index in [0.717, 1.165) is 19.3 Å². The van der Waals surface area contributed by atoms with Crippen molar-refractivity contribution in [2.75, 3.05) is 6.54 Å². The number of hydrogen-bond acceptors (Lipinski definition) is 2. The first-order valence-electron chi connectivity index (χ1n) is 6.14. The largest absolute Gasteiger partial charge is 0.393 e. The molecule has 4 nitrogen and oxygen atoms in total. The molecule has 4 heteroatoms. The maximum atomic E-state index is 9.78. The van der Waals surface area contributed by atoms with E-state index in [4.69, 9.17) is 5.73 Å². The van der Waals surface area contributed by atoms with Crippen molar-refractivity contribution in [2.24, 2.45) is 16.6 Å². The van der Waals surface area contributed by atoms with Gasteiger partial charge in [0.05, 0.1) is 6.10 Å². The second-order valence-electron chi connectivity index (χ2n) is 5.71. The maximum Gasteiger partial charge on any atom is 0.188 e. The van der Waals surface area contributed by atoms with Crippen LogP contribution in [0.2, 0.25) is 0 Å². The molecule has 4 N–H and O–H groups in total. The molecule has 0 aromatic rings. The molecule has 2 unspecified atom stereocenters. The summed E-state index contributed by atoms with van der Waals surface area (Å²) in [6, 6.07) is 0. The summed E-state index contributed by atoms with van der Waals surface area (Å²) in [6.07, 6.45) is 4.11. The Balaban J connectivity index is 2.39. The van der Waals surface area contributed by atoms with Crippen molar-refractivity contribution in [3.05, 3.63) is 0 Å². The topological polar surface area (TPSA) is 70.6 Å². The molecule has 2 atom stereocenters. The van der Waals surface area contributed by atoms with Crippen LogP contribution < -0.4 is 11.1 Å². The maximum absolute atomic E-state index is 9.78. The number of nitrogens with zero attached hydrogens (tertiary/aromatic N) is 1. The molecule has 0 aliphatic heterocycles. The van der Waals surface area contributed by atoms with Gasteiger partial charge in [0.15, 0.2) is 5.96 Å². The Morgan fingerprint density at radius 2 is 2.00 bits per heavy atom. The van der Waals surface area contributed by atoms with E-state index in [1.54, 1.807) is 0 Å². The van der Waals surface area contributed by atoms with Gasteiger partial charge in [0.2, 0.25) is 0 Å². The zero-order valence-electron chi connectivity index (χ0n) is 10.7. The smallest absolute Gasteiger partial charge is 0.188 e. The SMILES string of the molecule is CC(C)(C)NC(N)=NCC1CCCCC1O. The van der Waals surface area contributed by atoms with Gasteiger partial charge in [0.1, 0.15) is 0 Å². The first-order chi connectivity index (χ1) is 7.38. The van der Waals surface area contributed by atoms with Crippen LogP contribution in [0.1, 0.15) is 46.5 Å². The van der Waals surface area contributed by atoms with E-state index in [2.05, 4.69) is 10.3 Å². The second-order valence-corrected chi connectivity index (χ2v) is 5.71. The molecule has 0 heterocycles. The van der Waals surface area contributed by atoms with Crippen LogP contribution in [0.3, 0.4) is 0 Å². The minimum absolute atomic E-state index is 0.0568. The van der Waals surface area contributed by atoms with Gasteiger partial charge >= 0.3 is 0 Å². The normalized spacial score (nSPS) is 27.9. The van der Waals surface area contributed by atoms with Crippen molar-refractivity contribution in [1.82, 2.24) is 5.32 Å². The van der Waals surface area contributed by atoms with Crippen LogP contribution in [-0.4, -0.2) is 29.3 Å². The van der Waals surface area contributed by atoms with Crippen LogP contribution in [0.4, 0.5) is 0 Å². The molecule has 1 fully saturated rings. The summed E-state index contributed by atoms with van der Waals surface area (Å²) in [5.74, 6) is 0.763. The molecule has 0 aromatic carbocycles. The van der Waals surface area contributed by atoms with E-state index >= 15 is 0 Å². The van der Waals surface area contributed by atoms with Gasteiger partial charge in [-0.2, -0.15) is 0 Å². The Kier molecular flexibility index (Phi) is 4.59. The predicted octanol–water partition coefficient (Wildman–Crippen LogP) is 1.24. The number of aliphatic hydroxyl groups excluding tert-OH is 1. The van der Waals surface area contributed by atoms with Gasteiger partial charge in [-0.05, 0) is 33.6 Å². The van der Waals surface area contributed by atoms with E-state index in [0.29, 0.717) is 12.5 Å². The lowest BCUT2D eigenvalue weighted by Gasteiger charge is -2.26. The van der Waals surface area contributed by atoms with Crippen LogP contribution in [0.15, 0.2) is 4.99 Å². The summed E-state index contributed by atoms with van der Waals surface area (Å²) in [5.41, 5.74) is 5.72. The highest BCUT2D eigenvalue weighted by Crippen LogP contribution is 2.24. The third kappa shape index (κ3) is 4.84. The summed E-state index contributed by atoms with van der Waals surface area (Å²) in [7, 11) is 0. The van der Waals surface area contributed by atoms with E-state index in [-0.39, 0.29) is 17.6 Å². The number of aliphatic imine (C=N–C) groups is 1. The Labute approximate surface area is 98.3 Å². The molecule has 0 spiro atoms. The molecule has 94 valence electrons. The Morgan fingerprint density at radius 3 is 2.56 bits per heavy atom. The first-order valence-corrected chi connectivity index (χ1v) is 6.14. The zero-order chi connectivity index (χ0) is 12.2. The van der Waals surface area contributed by atoms with Gasteiger partial charge in [0, 0.05) is 18.0 Å². The Bertz CT molecular complexity index is 245. The fourth-order valence-corrected chi connectivity index (χ4v) is 2.04. The van der Waals surface area contributed by atoms with Gasteiger partial charge in [-0.1, -0.05) is 12.8 Å². The van der Waals surface area contributed by atoms with E-state index in [1.807, 2.05) is 20.8 Å². The zero-order valence-corrected chi connectivity index (χ0v) is 10.7. The number of nitrogens with one attached hydrogen (secondary N) is 1. The molecular formula is C12H25N3O. The Morgan fingerprint density at radius 1 is 1.38 bits per heavy atom. The average molecular weight is 227 g/mol. The van der Waals surface area contributed by atoms with Crippen LogP contribution in [-0.2, 0) is 0 Å². The lowest BCUT2D eigenvalue weighted by Crippen LogP contribution is -2.45. The summed E-state index contributed by atoms with van der Waals surface area (Å²) >= 11 is 0. The molecule has 1 saturated carbocycles. The fraction of sp³-hybridized carbons (Fsp3) is 0.917. The number of rotatable bonds is 2. The quantitative estimate of drug-likeness (QED) is 0.491. The fourth-order valence-electron chi connectivity index (χ4n) is 2.04. The van der Waals surface area contributed by atoms with Crippen molar-refractivity contribution in [2.45, 2.75) is 58.1 Å². The molecule has 16 heavy (non-hydrogen) atoms. The molecule has 0 bridgehead atoms. The highest BCUT2D eigenvalue weighted by atomic mass is 16.3. The predicted molar refractivity (Wildman–Crippen MR) is 67.3 cm³/mol. The Hall–Kier alpha value is -0.770. The monoisotopic (exact) mass is 227 g/mol. The first kappa shape index (κ1) is 13.3. The average Bonchev–Trinajstić information content (AvgIpc) is 2.14. The van der Waals surface area contributed by atoms with Crippen LogP contribution in [0.25, 0.3) is 0 Å². The highest BCUT2D eigenvalue weighted by molar-refractivity contribution is 5.78. The summed E-state index contributed by atoms with van der Waals surface area (Å²) in [5, 5.41) is 12.9. The minimum Gasteiger partial charge on any atom is -0.393 e. The van der Waals surface area contributed by atoms with E-state index in [9.17, 15) is 5.11 Å². The minimum atomic E-state index is -0.195. The second kappa shape index (κ2) is 5.53. The third-order valence-electron chi connectivity index (χ3n) is 2.87. The van der Waals surface area contributed by atoms with Gasteiger partial charge in [0.25, 0.3) is 0 Å². The lowest BCUT2D eigenvalue weighted by atomic mass is 9.87. The summed E-state index contributed by atoms with van der Waals surface area (Å²) in [6.45, 7) is 6.77. The van der Waals surface area contributed by atoms with Crippen molar-refractivity contribution in [1.29, 1.82) is 0 Å². The standard InChI is InChI=1S/C12H25N3O/c1-12(2,3)15-11(13)14-8-9-6-4-5-7-10(9)16/h9-10,16H,4-8H2,1-3H3,(H3,13,14,15). The summed E-state index contributed by atoms with van der Waals surface area (Å²) in [4.78, 5) is 4.31. The van der Waals surface area contributed by atoms with E-state index in [1.165, 1.54) is 6.42 Å². The van der Waals surface area contributed by atoms with E-state index < -0.39 is 0 Å². The molecule has 1 aliphatic carbocycles. The lowest BCUT2D eigenvalue weighted by molar-refractivity contribution is 0.0744. The van der Waals surface area contributed by atoms with Gasteiger partial charge < -0.3 is 16.2 Å². The number of hydrogen-bond donors (Lipinski definition) is 3. The van der Waals surface area contributed by atoms with Crippen LogP contribution >= 0.6 is 0 Å². The van der Waals surface area contributed by atoms with Crippen molar-refractivity contribution in [3.63, 3.8) is 0 Å². The van der Waals surface area contributed by atoms with Gasteiger partial charge in [-0.15, -0.1) is 0 Å². The molecular weight excluding hydrogens is 202 g/mol. The molecule has 0 amide bonds. The van der Waals surface area contributed by atoms with Crippen LogP contribution in [0, 0.1) is 5.92 Å². The molecule has 0 radical (unpaired) electrons. The number of nitrogens with two attached hydrogens (primary N) is 1. The highest BCUT2D eigenvalue weighted by Gasteiger charge is 2.22. The molecule has 0 aromatic heterocycles. The number of aliphatic hydroxyl groups is 1.